The van der Waals surface area contributed by atoms with Gasteiger partial charge in [0.15, 0.2) is 5.96 Å². The van der Waals surface area contributed by atoms with Crippen molar-refractivity contribution in [1.29, 1.82) is 0 Å². The van der Waals surface area contributed by atoms with Gasteiger partial charge < -0.3 is 20.3 Å². The first-order valence-electron chi connectivity index (χ1n) is 5.74. The minimum atomic E-state index is -0.434. The SMILES string of the molecule is CN=C(NC)NC1CN(C(=O)OC(C)(C)C)C1.I. The second-order valence-electron chi connectivity index (χ2n) is 5.05. The molecule has 0 unspecified atom stereocenters. The molecule has 1 amide bonds. The van der Waals surface area contributed by atoms with Gasteiger partial charge in [0.1, 0.15) is 5.60 Å². The van der Waals surface area contributed by atoms with Gasteiger partial charge in [-0.2, -0.15) is 0 Å². The summed E-state index contributed by atoms with van der Waals surface area (Å²) in [6.07, 6.45) is -0.255. The highest BCUT2D eigenvalue weighted by Crippen LogP contribution is 2.14. The van der Waals surface area contributed by atoms with Crippen LogP contribution in [0, 0.1) is 0 Å². The molecule has 1 aliphatic rings. The molecular weight excluding hydrogens is 347 g/mol. The number of guanidine groups is 1. The molecule has 0 saturated carbocycles. The summed E-state index contributed by atoms with van der Waals surface area (Å²) in [6, 6.07) is 0.244. The van der Waals surface area contributed by atoms with Crippen molar-refractivity contribution >= 4 is 36.0 Å². The molecule has 7 heteroatoms. The summed E-state index contributed by atoms with van der Waals surface area (Å²) in [5, 5.41) is 6.13. The standard InChI is InChI=1S/C11H22N4O2.HI/c1-11(2,3)17-10(16)15-6-8(7-15)14-9(12-4)13-5;/h8H,6-7H2,1-5H3,(H2,12,13,14);1H. The first-order chi connectivity index (χ1) is 7.85. The molecule has 1 fully saturated rings. The Morgan fingerprint density at radius 3 is 2.33 bits per heavy atom. The number of halogens is 1. The Balaban J connectivity index is 0.00000289. The van der Waals surface area contributed by atoms with E-state index in [-0.39, 0.29) is 36.1 Å². The van der Waals surface area contributed by atoms with Gasteiger partial charge in [0.05, 0.1) is 6.04 Å². The van der Waals surface area contributed by atoms with Crippen LogP contribution in [0.25, 0.3) is 0 Å². The molecule has 0 bridgehead atoms. The number of hydrogen-bond acceptors (Lipinski definition) is 3. The minimum Gasteiger partial charge on any atom is -0.444 e. The highest BCUT2D eigenvalue weighted by Gasteiger charge is 2.33. The van der Waals surface area contributed by atoms with Crippen molar-refractivity contribution in [2.75, 3.05) is 27.2 Å². The van der Waals surface area contributed by atoms with Crippen molar-refractivity contribution in [2.24, 2.45) is 4.99 Å². The third kappa shape index (κ3) is 5.28. The van der Waals surface area contributed by atoms with Gasteiger partial charge in [-0.3, -0.25) is 4.99 Å². The molecule has 0 aromatic carbocycles. The second-order valence-corrected chi connectivity index (χ2v) is 5.05. The molecular formula is C11H23IN4O2. The number of aliphatic imine (C=N–C) groups is 1. The van der Waals surface area contributed by atoms with Gasteiger partial charge in [0.2, 0.25) is 0 Å². The number of carbonyl (C=O) groups is 1. The molecule has 0 aromatic heterocycles. The van der Waals surface area contributed by atoms with Crippen LogP contribution in [-0.2, 0) is 4.74 Å². The van der Waals surface area contributed by atoms with Crippen molar-refractivity contribution in [2.45, 2.75) is 32.4 Å². The van der Waals surface area contributed by atoms with Crippen LogP contribution >= 0.6 is 24.0 Å². The van der Waals surface area contributed by atoms with Crippen molar-refractivity contribution < 1.29 is 9.53 Å². The Hall–Kier alpha value is -0.730. The van der Waals surface area contributed by atoms with E-state index >= 15 is 0 Å². The van der Waals surface area contributed by atoms with E-state index in [1.165, 1.54) is 0 Å². The first kappa shape index (κ1) is 17.3. The largest absolute Gasteiger partial charge is 0.444 e. The summed E-state index contributed by atoms with van der Waals surface area (Å²) in [7, 11) is 3.52. The monoisotopic (exact) mass is 370 g/mol. The highest BCUT2D eigenvalue weighted by atomic mass is 127. The van der Waals surface area contributed by atoms with E-state index < -0.39 is 5.60 Å². The number of likely N-dealkylation sites (tertiary alicyclic amines) is 1. The molecule has 106 valence electrons. The van der Waals surface area contributed by atoms with Crippen LogP contribution in [0.1, 0.15) is 20.8 Å². The summed E-state index contributed by atoms with van der Waals surface area (Å²) in [4.78, 5) is 17.3. The van der Waals surface area contributed by atoms with Gasteiger partial charge in [-0.1, -0.05) is 0 Å². The molecule has 1 aliphatic heterocycles. The number of nitrogens with zero attached hydrogens (tertiary/aromatic N) is 2. The van der Waals surface area contributed by atoms with Crippen LogP contribution in [0.15, 0.2) is 4.99 Å². The maximum absolute atomic E-state index is 11.6. The molecule has 2 N–H and O–H groups in total. The Bertz CT molecular complexity index is 309. The van der Waals surface area contributed by atoms with E-state index in [4.69, 9.17) is 4.74 Å². The zero-order valence-electron chi connectivity index (χ0n) is 11.6. The molecule has 1 heterocycles. The predicted octanol–water partition coefficient (Wildman–Crippen LogP) is 1.02. The predicted molar refractivity (Wildman–Crippen MR) is 82.6 cm³/mol. The molecule has 1 rings (SSSR count). The van der Waals surface area contributed by atoms with Crippen LogP contribution in [-0.4, -0.2) is 55.8 Å². The van der Waals surface area contributed by atoms with Crippen LogP contribution < -0.4 is 10.6 Å². The van der Waals surface area contributed by atoms with Gasteiger partial charge in [0, 0.05) is 27.2 Å². The summed E-state index contributed by atoms with van der Waals surface area (Å²) in [5.41, 5.74) is -0.434. The number of hydrogen-bond donors (Lipinski definition) is 2. The van der Waals surface area contributed by atoms with E-state index in [9.17, 15) is 4.79 Å². The molecule has 6 nitrogen and oxygen atoms in total. The number of carbonyl (C=O) groups excluding carboxylic acids is 1. The zero-order valence-corrected chi connectivity index (χ0v) is 13.9. The van der Waals surface area contributed by atoms with Gasteiger partial charge in [0.25, 0.3) is 0 Å². The van der Waals surface area contributed by atoms with E-state index in [2.05, 4.69) is 15.6 Å². The number of amides is 1. The zero-order chi connectivity index (χ0) is 13.1. The Morgan fingerprint density at radius 2 is 1.94 bits per heavy atom. The fraction of sp³-hybridized carbons (Fsp3) is 0.818. The lowest BCUT2D eigenvalue weighted by molar-refractivity contribution is 0.00702. The number of rotatable bonds is 1. The van der Waals surface area contributed by atoms with Crippen molar-refractivity contribution in [1.82, 2.24) is 15.5 Å². The summed E-state index contributed by atoms with van der Waals surface area (Å²) < 4.78 is 5.26. The maximum atomic E-state index is 11.6. The minimum absolute atomic E-state index is 0. The molecule has 0 radical (unpaired) electrons. The third-order valence-corrected chi connectivity index (χ3v) is 2.33. The number of nitrogens with one attached hydrogen (secondary N) is 2. The lowest BCUT2D eigenvalue weighted by atomic mass is 10.1. The lowest BCUT2D eigenvalue weighted by Crippen LogP contribution is -2.62. The topological polar surface area (TPSA) is 66.0 Å². The van der Waals surface area contributed by atoms with Crippen LogP contribution in [0.3, 0.4) is 0 Å². The summed E-state index contributed by atoms with van der Waals surface area (Å²) >= 11 is 0. The lowest BCUT2D eigenvalue weighted by Gasteiger charge is -2.40. The fourth-order valence-electron chi connectivity index (χ4n) is 1.49. The van der Waals surface area contributed by atoms with Gasteiger partial charge in [-0.15, -0.1) is 24.0 Å². The smallest absolute Gasteiger partial charge is 0.410 e. The van der Waals surface area contributed by atoms with Crippen LogP contribution in [0.4, 0.5) is 4.79 Å². The Labute approximate surface area is 126 Å². The average molecular weight is 370 g/mol. The summed E-state index contributed by atoms with van der Waals surface area (Å²) in [6.45, 7) is 6.89. The van der Waals surface area contributed by atoms with Gasteiger partial charge in [-0.25, -0.2) is 4.79 Å². The van der Waals surface area contributed by atoms with Crippen molar-refractivity contribution in [3.63, 3.8) is 0 Å². The quantitative estimate of drug-likeness (QED) is 0.411. The first-order valence-corrected chi connectivity index (χ1v) is 5.74. The van der Waals surface area contributed by atoms with Crippen molar-refractivity contribution in [3.05, 3.63) is 0 Å². The molecule has 1 saturated heterocycles. The Morgan fingerprint density at radius 1 is 1.39 bits per heavy atom. The molecule has 0 aromatic rings. The van der Waals surface area contributed by atoms with E-state index in [1.807, 2.05) is 20.8 Å². The molecule has 0 aliphatic carbocycles. The van der Waals surface area contributed by atoms with Gasteiger partial charge >= 0.3 is 6.09 Å². The van der Waals surface area contributed by atoms with Gasteiger partial charge in [-0.05, 0) is 20.8 Å². The Kier molecular flexibility index (Phi) is 6.72. The molecule has 0 atom stereocenters. The maximum Gasteiger partial charge on any atom is 0.410 e. The highest BCUT2D eigenvalue weighted by molar-refractivity contribution is 14.0. The van der Waals surface area contributed by atoms with E-state index in [1.54, 1.807) is 19.0 Å². The molecule has 18 heavy (non-hydrogen) atoms. The van der Waals surface area contributed by atoms with E-state index in [0.717, 1.165) is 5.96 Å². The normalized spacial score (nSPS) is 16.5. The van der Waals surface area contributed by atoms with Crippen LogP contribution in [0.2, 0.25) is 0 Å². The van der Waals surface area contributed by atoms with Crippen molar-refractivity contribution in [3.8, 4) is 0 Å². The average Bonchev–Trinajstić information content (AvgIpc) is 2.13. The fourth-order valence-corrected chi connectivity index (χ4v) is 1.49. The van der Waals surface area contributed by atoms with E-state index in [0.29, 0.717) is 13.1 Å². The second kappa shape index (κ2) is 7.01. The summed E-state index contributed by atoms with van der Waals surface area (Å²) in [5.74, 6) is 0.735. The number of ether oxygens (including phenoxy) is 1. The van der Waals surface area contributed by atoms with Crippen LogP contribution in [0.5, 0.6) is 0 Å². The third-order valence-electron chi connectivity index (χ3n) is 2.33. The molecule has 0 spiro atoms.